The Morgan fingerprint density at radius 3 is 2.20 bits per heavy atom. The van der Waals surface area contributed by atoms with Gasteiger partial charge in [-0.15, -0.1) is 0 Å². The molecule has 112 valence electrons. The van der Waals surface area contributed by atoms with Crippen LogP contribution in [0.15, 0.2) is 18.3 Å². The Bertz CT molecular complexity index is 343. The first kappa shape index (κ1) is 17.0. The van der Waals surface area contributed by atoms with Gasteiger partial charge in [0, 0.05) is 11.7 Å². The lowest BCUT2D eigenvalue weighted by molar-refractivity contribution is 0.293. The largest absolute Gasteiger partial charge is 0.490 e. The van der Waals surface area contributed by atoms with Crippen molar-refractivity contribution < 1.29 is 14.8 Å². The van der Waals surface area contributed by atoms with Crippen molar-refractivity contribution in [3.63, 3.8) is 0 Å². The van der Waals surface area contributed by atoms with Gasteiger partial charge in [0.15, 0.2) is 0 Å². The molecule has 1 aromatic rings. The minimum Gasteiger partial charge on any atom is -0.478 e. The number of hydrogen-bond acceptors (Lipinski definition) is 4. The van der Waals surface area contributed by atoms with Gasteiger partial charge in [-0.3, -0.25) is 0 Å². The van der Waals surface area contributed by atoms with Crippen LogP contribution in [0.5, 0.6) is 5.88 Å². The van der Waals surface area contributed by atoms with E-state index in [4.69, 9.17) is 14.8 Å². The maximum absolute atomic E-state index is 8.94. The van der Waals surface area contributed by atoms with Crippen molar-refractivity contribution in [3.05, 3.63) is 18.3 Å². The topological polar surface area (TPSA) is 62.6 Å². The minimum absolute atomic E-state index is 0.379. The summed E-state index contributed by atoms with van der Waals surface area (Å²) in [7, 11) is -1.47. The number of unbranched alkanes of at least 4 members (excludes halogenated alkanes) is 7. The average Bonchev–Trinajstić information content (AvgIpc) is 2.46. The quantitative estimate of drug-likeness (QED) is 0.482. The highest BCUT2D eigenvalue weighted by Crippen LogP contribution is 2.09. The van der Waals surface area contributed by atoms with Crippen molar-refractivity contribution in [1.82, 2.24) is 4.98 Å². The third kappa shape index (κ3) is 7.51. The van der Waals surface area contributed by atoms with Crippen LogP contribution in [0, 0.1) is 0 Å². The first-order valence-corrected chi connectivity index (χ1v) is 7.69. The van der Waals surface area contributed by atoms with Crippen LogP contribution in [0.3, 0.4) is 0 Å². The van der Waals surface area contributed by atoms with Crippen molar-refractivity contribution in [2.45, 2.75) is 58.3 Å². The van der Waals surface area contributed by atoms with E-state index in [1.54, 1.807) is 12.1 Å². The van der Waals surface area contributed by atoms with Crippen LogP contribution < -0.4 is 10.2 Å². The number of aromatic nitrogens is 1. The fourth-order valence-corrected chi connectivity index (χ4v) is 2.04. The maximum Gasteiger partial charge on any atom is 0.490 e. The molecule has 0 aliphatic carbocycles. The van der Waals surface area contributed by atoms with Gasteiger partial charge in [-0.25, -0.2) is 4.98 Å². The van der Waals surface area contributed by atoms with E-state index in [0.29, 0.717) is 17.9 Å². The van der Waals surface area contributed by atoms with Crippen molar-refractivity contribution in [2.24, 2.45) is 0 Å². The molecule has 5 heteroatoms. The normalized spacial score (nSPS) is 10.6. The van der Waals surface area contributed by atoms with Gasteiger partial charge in [0.1, 0.15) is 0 Å². The summed E-state index contributed by atoms with van der Waals surface area (Å²) < 4.78 is 5.51. The molecule has 4 nitrogen and oxygen atoms in total. The maximum atomic E-state index is 8.94. The SMILES string of the molecule is CCCCCCCCCCOc1ccc(B(O)O)cn1. The monoisotopic (exact) mass is 279 g/mol. The molecule has 0 unspecified atom stereocenters. The summed E-state index contributed by atoms with van der Waals surface area (Å²) in [5.74, 6) is 0.539. The van der Waals surface area contributed by atoms with Gasteiger partial charge in [-0.1, -0.05) is 57.9 Å². The van der Waals surface area contributed by atoms with Crippen LogP contribution in [0.2, 0.25) is 0 Å². The highest BCUT2D eigenvalue weighted by molar-refractivity contribution is 6.58. The van der Waals surface area contributed by atoms with Gasteiger partial charge in [-0.2, -0.15) is 0 Å². The number of pyridine rings is 1. The van der Waals surface area contributed by atoms with Gasteiger partial charge < -0.3 is 14.8 Å². The molecular weight excluding hydrogens is 253 g/mol. The minimum atomic E-state index is -1.47. The van der Waals surface area contributed by atoms with E-state index in [0.717, 1.165) is 6.42 Å². The molecule has 1 rings (SSSR count). The molecule has 0 saturated carbocycles. The molecule has 1 heterocycles. The van der Waals surface area contributed by atoms with E-state index in [1.807, 2.05) is 0 Å². The summed E-state index contributed by atoms with van der Waals surface area (Å²) in [4.78, 5) is 4.03. The first-order chi connectivity index (χ1) is 9.74. The van der Waals surface area contributed by atoms with Crippen molar-refractivity contribution in [3.8, 4) is 5.88 Å². The smallest absolute Gasteiger partial charge is 0.478 e. The number of rotatable bonds is 11. The number of ether oxygens (including phenoxy) is 1. The lowest BCUT2D eigenvalue weighted by Gasteiger charge is -2.06. The molecule has 0 fully saturated rings. The molecule has 0 aromatic carbocycles. The Morgan fingerprint density at radius 1 is 1.00 bits per heavy atom. The van der Waals surface area contributed by atoms with E-state index in [1.165, 1.54) is 51.1 Å². The van der Waals surface area contributed by atoms with Gasteiger partial charge in [-0.05, 0) is 12.5 Å². The Balaban J connectivity index is 2.01. The Hall–Kier alpha value is -1.07. The summed E-state index contributed by atoms with van der Waals surface area (Å²) in [6.07, 6.45) is 11.6. The molecule has 0 aliphatic rings. The standard InChI is InChI=1S/C15H26BNO3/c1-2-3-4-5-6-7-8-9-12-20-15-11-10-14(13-17-15)16(18)19/h10-11,13,18-19H,2-9,12H2,1H3. The zero-order valence-electron chi connectivity index (χ0n) is 12.4. The molecule has 2 N–H and O–H groups in total. The van der Waals surface area contributed by atoms with Crippen molar-refractivity contribution >= 4 is 12.6 Å². The second-order valence-electron chi connectivity index (χ2n) is 5.13. The van der Waals surface area contributed by atoms with Crippen LogP contribution in [0.4, 0.5) is 0 Å². The van der Waals surface area contributed by atoms with Crippen molar-refractivity contribution in [1.29, 1.82) is 0 Å². The van der Waals surface area contributed by atoms with Crippen LogP contribution in [-0.4, -0.2) is 28.8 Å². The highest BCUT2D eigenvalue weighted by atomic mass is 16.5. The van der Waals surface area contributed by atoms with Crippen LogP contribution in [-0.2, 0) is 0 Å². The Morgan fingerprint density at radius 2 is 1.65 bits per heavy atom. The summed E-state index contributed by atoms with van der Waals surface area (Å²) in [6.45, 7) is 2.90. The fraction of sp³-hybridized carbons (Fsp3) is 0.667. The third-order valence-electron chi connectivity index (χ3n) is 3.31. The Labute approximate surface area is 122 Å². The molecule has 0 bridgehead atoms. The molecule has 0 radical (unpaired) electrons. The van der Waals surface area contributed by atoms with Gasteiger partial charge in [0.25, 0.3) is 0 Å². The van der Waals surface area contributed by atoms with E-state index in [2.05, 4.69) is 11.9 Å². The van der Waals surface area contributed by atoms with E-state index in [9.17, 15) is 0 Å². The lowest BCUT2D eigenvalue weighted by atomic mass is 9.82. The zero-order chi connectivity index (χ0) is 14.6. The van der Waals surface area contributed by atoms with Crippen LogP contribution in [0.25, 0.3) is 0 Å². The third-order valence-corrected chi connectivity index (χ3v) is 3.31. The van der Waals surface area contributed by atoms with E-state index < -0.39 is 7.12 Å². The Kier molecular flexibility index (Phi) is 9.08. The van der Waals surface area contributed by atoms with E-state index in [-0.39, 0.29) is 0 Å². The molecule has 0 aliphatic heterocycles. The molecule has 0 saturated heterocycles. The van der Waals surface area contributed by atoms with Crippen LogP contribution >= 0.6 is 0 Å². The highest BCUT2D eigenvalue weighted by Gasteiger charge is 2.10. The number of hydrogen-bond donors (Lipinski definition) is 2. The van der Waals surface area contributed by atoms with Crippen molar-refractivity contribution in [2.75, 3.05) is 6.61 Å². The molecule has 1 aromatic heterocycles. The zero-order valence-corrected chi connectivity index (χ0v) is 12.4. The predicted octanol–water partition coefficient (Wildman–Crippen LogP) is 2.28. The molecule has 20 heavy (non-hydrogen) atoms. The summed E-state index contributed by atoms with van der Waals surface area (Å²) in [5.41, 5.74) is 0.379. The average molecular weight is 279 g/mol. The number of nitrogens with zero attached hydrogens (tertiary/aromatic N) is 1. The molecule has 0 atom stereocenters. The summed E-state index contributed by atoms with van der Waals surface area (Å²) >= 11 is 0. The van der Waals surface area contributed by atoms with Gasteiger partial charge in [0.2, 0.25) is 5.88 Å². The van der Waals surface area contributed by atoms with Crippen LogP contribution in [0.1, 0.15) is 58.3 Å². The first-order valence-electron chi connectivity index (χ1n) is 7.69. The van der Waals surface area contributed by atoms with Gasteiger partial charge >= 0.3 is 7.12 Å². The van der Waals surface area contributed by atoms with Gasteiger partial charge in [0.05, 0.1) is 6.61 Å². The second kappa shape index (κ2) is 10.7. The lowest BCUT2D eigenvalue weighted by Crippen LogP contribution is -2.29. The molecule has 0 amide bonds. The predicted molar refractivity (Wildman–Crippen MR) is 82.2 cm³/mol. The summed E-state index contributed by atoms with van der Waals surface area (Å²) in [5, 5.41) is 17.9. The fourth-order valence-electron chi connectivity index (χ4n) is 2.04. The van der Waals surface area contributed by atoms with E-state index >= 15 is 0 Å². The molecular formula is C15H26BNO3. The second-order valence-corrected chi connectivity index (χ2v) is 5.13. The summed E-state index contributed by atoms with van der Waals surface area (Å²) in [6, 6.07) is 3.28. The molecule has 0 spiro atoms.